The standard InChI is InChI=1S/C8H16N4S/c1-4-5-13-8-11-10-7(9)12(8)6(2)3/h6H,4-5H2,1-3H3,(H2,9,10). The molecule has 0 aliphatic carbocycles. The van der Waals surface area contributed by atoms with E-state index in [4.69, 9.17) is 5.73 Å². The smallest absolute Gasteiger partial charge is 0.222 e. The summed E-state index contributed by atoms with van der Waals surface area (Å²) >= 11 is 1.71. The molecule has 0 atom stereocenters. The first-order valence-corrected chi connectivity index (χ1v) is 5.48. The predicted octanol–water partition coefficient (Wildman–Crippen LogP) is 1.94. The van der Waals surface area contributed by atoms with Crippen LogP contribution in [0.4, 0.5) is 5.95 Å². The van der Waals surface area contributed by atoms with Gasteiger partial charge in [-0.1, -0.05) is 18.7 Å². The Hall–Kier alpha value is -0.710. The number of anilines is 1. The molecule has 1 aromatic rings. The molecule has 0 amide bonds. The highest BCUT2D eigenvalue weighted by molar-refractivity contribution is 7.99. The van der Waals surface area contributed by atoms with Gasteiger partial charge in [-0.15, -0.1) is 10.2 Å². The molecule has 4 nitrogen and oxygen atoms in total. The van der Waals surface area contributed by atoms with Gasteiger partial charge in [-0.25, -0.2) is 0 Å². The molecule has 0 bridgehead atoms. The fraction of sp³-hybridized carbons (Fsp3) is 0.750. The maximum atomic E-state index is 5.69. The molecule has 5 heteroatoms. The second-order valence-electron chi connectivity index (χ2n) is 3.15. The van der Waals surface area contributed by atoms with Crippen molar-refractivity contribution >= 4 is 17.7 Å². The Balaban J connectivity index is 2.81. The van der Waals surface area contributed by atoms with Gasteiger partial charge >= 0.3 is 0 Å². The number of nitrogens with zero attached hydrogens (tertiary/aromatic N) is 3. The van der Waals surface area contributed by atoms with E-state index in [-0.39, 0.29) is 0 Å². The number of nitrogens with two attached hydrogens (primary N) is 1. The van der Waals surface area contributed by atoms with Crippen molar-refractivity contribution in [2.45, 2.75) is 38.4 Å². The molecule has 0 saturated carbocycles. The van der Waals surface area contributed by atoms with E-state index in [1.165, 1.54) is 0 Å². The van der Waals surface area contributed by atoms with Gasteiger partial charge in [0.25, 0.3) is 0 Å². The van der Waals surface area contributed by atoms with Crippen molar-refractivity contribution < 1.29 is 0 Å². The minimum absolute atomic E-state index is 0.328. The minimum Gasteiger partial charge on any atom is -0.368 e. The van der Waals surface area contributed by atoms with Gasteiger partial charge in [-0.2, -0.15) is 0 Å². The molecule has 0 radical (unpaired) electrons. The lowest BCUT2D eigenvalue weighted by Crippen LogP contribution is -2.07. The van der Waals surface area contributed by atoms with E-state index in [9.17, 15) is 0 Å². The summed E-state index contributed by atoms with van der Waals surface area (Å²) in [7, 11) is 0. The third kappa shape index (κ3) is 2.37. The molecular formula is C8H16N4S. The zero-order chi connectivity index (χ0) is 9.84. The Morgan fingerprint density at radius 3 is 2.69 bits per heavy atom. The average molecular weight is 200 g/mol. The summed E-state index contributed by atoms with van der Waals surface area (Å²) in [6, 6.07) is 0.328. The van der Waals surface area contributed by atoms with Gasteiger partial charge in [0.15, 0.2) is 5.16 Å². The molecule has 0 spiro atoms. The fourth-order valence-electron chi connectivity index (χ4n) is 1.07. The Kier molecular flexibility index (Phi) is 3.59. The molecule has 1 rings (SSSR count). The van der Waals surface area contributed by atoms with E-state index < -0.39 is 0 Å². The number of nitrogen functional groups attached to an aromatic ring is 1. The summed E-state index contributed by atoms with van der Waals surface area (Å²) in [5.74, 6) is 1.57. The Morgan fingerprint density at radius 1 is 1.46 bits per heavy atom. The lowest BCUT2D eigenvalue weighted by molar-refractivity contribution is 0.557. The summed E-state index contributed by atoms with van der Waals surface area (Å²) in [6.07, 6.45) is 1.13. The largest absolute Gasteiger partial charge is 0.368 e. The maximum Gasteiger partial charge on any atom is 0.222 e. The number of thioether (sulfide) groups is 1. The van der Waals surface area contributed by atoms with Crippen LogP contribution in [0.5, 0.6) is 0 Å². The summed E-state index contributed by atoms with van der Waals surface area (Å²) in [5, 5.41) is 8.81. The third-order valence-electron chi connectivity index (χ3n) is 1.64. The van der Waals surface area contributed by atoms with Gasteiger partial charge in [0.1, 0.15) is 0 Å². The Bertz CT molecular complexity index is 269. The highest BCUT2D eigenvalue weighted by Crippen LogP contribution is 2.22. The summed E-state index contributed by atoms with van der Waals surface area (Å²) < 4.78 is 1.96. The molecule has 0 aliphatic heterocycles. The minimum atomic E-state index is 0.328. The lowest BCUT2D eigenvalue weighted by Gasteiger charge is -2.10. The van der Waals surface area contributed by atoms with Crippen molar-refractivity contribution in [1.82, 2.24) is 14.8 Å². The quantitative estimate of drug-likeness (QED) is 0.755. The lowest BCUT2D eigenvalue weighted by atomic mass is 10.4. The van der Waals surface area contributed by atoms with Gasteiger partial charge in [0.05, 0.1) is 0 Å². The second kappa shape index (κ2) is 4.50. The van der Waals surface area contributed by atoms with Crippen LogP contribution >= 0.6 is 11.8 Å². The van der Waals surface area contributed by atoms with Crippen molar-refractivity contribution in [2.75, 3.05) is 11.5 Å². The fourth-order valence-corrected chi connectivity index (χ4v) is 1.99. The molecule has 0 aliphatic rings. The van der Waals surface area contributed by atoms with Crippen LogP contribution in [0.1, 0.15) is 33.2 Å². The van der Waals surface area contributed by atoms with E-state index >= 15 is 0 Å². The molecule has 1 heterocycles. The highest BCUT2D eigenvalue weighted by Gasteiger charge is 2.11. The molecule has 74 valence electrons. The SMILES string of the molecule is CCCSc1nnc(N)n1C(C)C. The van der Waals surface area contributed by atoms with Crippen LogP contribution in [0.3, 0.4) is 0 Å². The van der Waals surface area contributed by atoms with Crippen LogP contribution in [0.25, 0.3) is 0 Å². The topological polar surface area (TPSA) is 56.7 Å². The van der Waals surface area contributed by atoms with Gasteiger partial charge in [0, 0.05) is 11.8 Å². The monoisotopic (exact) mass is 200 g/mol. The van der Waals surface area contributed by atoms with Crippen molar-refractivity contribution in [3.05, 3.63) is 0 Å². The predicted molar refractivity (Wildman–Crippen MR) is 55.8 cm³/mol. The third-order valence-corrected chi connectivity index (χ3v) is 2.79. The van der Waals surface area contributed by atoms with Gasteiger partial charge in [0.2, 0.25) is 5.95 Å². The van der Waals surface area contributed by atoms with Crippen molar-refractivity contribution in [3.63, 3.8) is 0 Å². The Morgan fingerprint density at radius 2 is 2.15 bits per heavy atom. The zero-order valence-electron chi connectivity index (χ0n) is 8.32. The van der Waals surface area contributed by atoms with Crippen molar-refractivity contribution in [1.29, 1.82) is 0 Å². The summed E-state index contributed by atoms with van der Waals surface area (Å²) in [5.41, 5.74) is 5.69. The first kappa shape index (κ1) is 10.4. The summed E-state index contributed by atoms with van der Waals surface area (Å²) in [4.78, 5) is 0. The molecular weight excluding hydrogens is 184 g/mol. The first-order valence-electron chi connectivity index (χ1n) is 4.50. The molecule has 0 unspecified atom stereocenters. The van der Waals surface area contributed by atoms with Gasteiger partial charge in [-0.05, 0) is 20.3 Å². The highest BCUT2D eigenvalue weighted by atomic mass is 32.2. The summed E-state index contributed by atoms with van der Waals surface area (Å²) in [6.45, 7) is 6.30. The first-order chi connectivity index (χ1) is 6.16. The van der Waals surface area contributed by atoms with Crippen LogP contribution in [-0.2, 0) is 0 Å². The zero-order valence-corrected chi connectivity index (χ0v) is 9.14. The van der Waals surface area contributed by atoms with E-state index in [0.717, 1.165) is 17.3 Å². The second-order valence-corrected chi connectivity index (χ2v) is 4.22. The van der Waals surface area contributed by atoms with E-state index in [1.54, 1.807) is 11.8 Å². The number of hydrogen-bond acceptors (Lipinski definition) is 4. The molecule has 1 aromatic heterocycles. The van der Waals surface area contributed by atoms with Crippen LogP contribution in [-0.4, -0.2) is 20.5 Å². The van der Waals surface area contributed by atoms with E-state index in [2.05, 4.69) is 31.0 Å². The van der Waals surface area contributed by atoms with Crippen molar-refractivity contribution in [3.8, 4) is 0 Å². The molecule has 0 aromatic carbocycles. The van der Waals surface area contributed by atoms with Crippen LogP contribution in [0.15, 0.2) is 5.16 Å². The molecule has 0 saturated heterocycles. The average Bonchev–Trinajstić information content (AvgIpc) is 2.43. The molecule has 2 N–H and O–H groups in total. The van der Waals surface area contributed by atoms with Gasteiger partial charge in [-0.3, -0.25) is 4.57 Å². The Labute approximate surface area is 82.9 Å². The molecule has 13 heavy (non-hydrogen) atoms. The number of aromatic nitrogens is 3. The van der Waals surface area contributed by atoms with Gasteiger partial charge < -0.3 is 5.73 Å². The van der Waals surface area contributed by atoms with Crippen LogP contribution in [0.2, 0.25) is 0 Å². The maximum absolute atomic E-state index is 5.69. The molecule has 0 fully saturated rings. The van der Waals surface area contributed by atoms with Crippen molar-refractivity contribution in [2.24, 2.45) is 0 Å². The number of rotatable bonds is 4. The van der Waals surface area contributed by atoms with E-state index in [0.29, 0.717) is 12.0 Å². The van der Waals surface area contributed by atoms with Crippen LogP contribution < -0.4 is 5.73 Å². The number of hydrogen-bond donors (Lipinski definition) is 1. The normalized spacial score (nSPS) is 11.1. The van der Waals surface area contributed by atoms with E-state index in [1.807, 2.05) is 4.57 Å². The van der Waals surface area contributed by atoms with Crippen LogP contribution in [0, 0.1) is 0 Å².